The first-order valence-electron chi connectivity index (χ1n) is 10.4. The Morgan fingerprint density at radius 1 is 0.939 bits per heavy atom. The second-order valence-electron chi connectivity index (χ2n) is 7.87. The van der Waals surface area contributed by atoms with Crippen LogP contribution in [0.4, 0.5) is 5.69 Å². The lowest BCUT2D eigenvalue weighted by atomic mass is 9.96. The third-order valence-corrected chi connectivity index (χ3v) is 6.34. The molecule has 1 amide bonds. The van der Waals surface area contributed by atoms with Crippen LogP contribution in [-0.4, -0.2) is 21.8 Å². The van der Waals surface area contributed by atoms with Crippen LogP contribution in [0.1, 0.15) is 22.9 Å². The van der Waals surface area contributed by atoms with Crippen molar-refractivity contribution < 1.29 is 14.7 Å². The number of aromatic nitrogens is 1. The van der Waals surface area contributed by atoms with Gasteiger partial charge in [0.1, 0.15) is 11.8 Å². The number of aliphatic hydroxyl groups is 1. The molecule has 0 aliphatic carbocycles. The van der Waals surface area contributed by atoms with Crippen LogP contribution < -0.4 is 4.90 Å². The second kappa shape index (κ2) is 8.19. The molecule has 162 valence electrons. The molecule has 1 aliphatic rings. The van der Waals surface area contributed by atoms with Crippen molar-refractivity contribution in [3.8, 4) is 0 Å². The summed E-state index contributed by atoms with van der Waals surface area (Å²) < 4.78 is 0. The third kappa shape index (κ3) is 3.47. The number of benzene rings is 3. The molecule has 0 radical (unpaired) electrons. The molecule has 0 saturated carbocycles. The van der Waals surface area contributed by atoms with E-state index in [1.54, 1.807) is 61.7 Å². The highest BCUT2D eigenvalue weighted by Crippen LogP contribution is 2.43. The van der Waals surface area contributed by atoms with Crippen LogP contribution in [0.5, 0.6) is 0 Å². The van der Waals surface area contributed by atoms with Gasteiger partial charge in [-0.3, -0.25) is 19.5 Å². The van der Waals surface area contributed by atoms with Gasteiger partial charge in [-0.15, -0.1) is 0 Å². The number of amides is 1. The Hall–Kier alpha value is -3.96. The molecule has 4 aromatic rings. The van der Waals surface area contributed by atoms with Crippen molar-refractivity contribution in [2.24, 2.45) is 0 Å². The Kier molecular flexibility index (Phi) is 5.19. The number of rotatable bonds is 3. The maximum atomic E-state index is 13.3. The van der Waals surface area contributed by atoms with E-state index >= 15 is 0 Å². The number of anilines is 1. The molecule has 5 rings (SSSR count). The summed E-state index contributed by atoms with van der Waals surface area (Å²) in [7, 11) is 0. The molecule has 3 aromatic carbocycles. The zero-order chi connectivity index (χ0) is 23.1. The van der Waals surface area contributed by atoms with E-state index in [0.29, 0.717) is 27.5 Å². The van der Waals surface area contributed by atoms with Gasteiger partial charge in [0.25, 0.3) is 11.7 Å². The minimum atomic E-state index is -0.894. The number of hydrogen-bond donors (Lipinski definition) is 1. The van der Waals surface area contributed by atoms with Gasteiger partial charge in [-0.25, -0.2) is 0 Å². The highest BCUT2D eigenvalue weighted by atomic mass is 35.5. The Labute approximate surface area is 195 Å². The van der Waals surface area contributed by atoms with E-state index < -0.39 is 17.7 Å². The number of Topliss-reactive ketones (excluding diaryl/α,β-unsaturated/α-hetero) is 1. The van der Waals surface area contributed by atoms with Crippen molar-refractivity contribution >= 4 is 45.5 Å². The van der Waals surface area contributed by atoms with E-state index in [2.05, 4.69) is 4.98 Å². The molecule has 33 heavy (non-hydrogen) atoms. The molecular weight excluding hydrogens is 436 g/mol. The summed E-state index contributed by atoms with van der Waals surface area (Å²) in [6, 6.07) is 22.7. The van der Waals surface area contributed by atoms with Crippen LogP contribution in [-0.2, 0) is 9.59 Å². The minimum absolute atomic E-state index is 0.00615. The number of aliphatic hydroxyl groups excluding tert-OH is 1. The maximum Gasteiger partial charge on any atom is 0.300 e. The molecule has 1 unspecified atom stereocenters. The Morgan fingerprint density at radius 2 is 1.70 bits per heavy atom. The first kappa shape index (κ1) is 20.9. The molecule has 1 saturated heterocycles. The van der Waals surface area contributed by atoms with Crippen LogP contribution in [0, 0.1) is 6.92 Å². The highest BCUT2D eigenvalue weighted by molar-refractivity contribution is 6.52. The number of pyridine rings is 1. The van der Waals surface area contributed by atoms with Gasteiger partial charge in [0.2, 0.25) is 0 Å². The van der Waals surface area contributed by atoms with Crippen molar-refractivity contribution in [3.05, 3.63) is 112 Å². The van der Waals surface area contributed by atoms with Crippen molar-refractivity contribution in [2.45, 2.75) is 13.0 Å². The Morgan fingerprint density at radius 3 is 2.45 bits per heavy atom. The van der Waals surface area contributed by atoms with Gasteiger partial charge in [-0.2, -0.15) is 0 Å². The molecule has 1 aliphatic heterocycles. The first-order chi connectivity index (χ1) is 16.0. The molecule has 1 fully saturated rings. The zero-order valence-electron chi connectivity index (χ0n) is 17.7. The van der Waals surface area contributed by atoms with E-state index in [9.17, 15) is 14.7 Å². The van der Waals surface area contributed by atoms with E-state index in [0.717, 1.165) is 10.8 Å². The molecule has 1 atom stereocenters. The topological polar surface area (TPSA) is 70.5 Å². The standard InChI is InChI=1S/C27H19ClN2O3/c1-16-20(28)9-6-11-22(16)30-24(21-10-4-5-14-29-21)23(26(32)27(30)33)25(31)19-13-12-17-7-2-3-8-18(17)15-19/h2-15,24,31H,1H3/b25-23-. The van der Waals surface area contributed by atoms with Crippen LogP contribution in [0.2, 0.25) is 5.02 Å². The number of halogens is 1. The number of carbonyl (C=O) groups is 2. The lowest BCUT2D eigenvalue weighted by Crippen LogP contribution is -2.30. The summed E-state index contributed by atoms with van der Waals surface area (Å²) >= 11 is 6.32. The summed E-state index contributed by atoms with van der Waals surface area (Å²) in [5, 5.41) is 13.7. The van der Waals surface area contributed by atoms with Crippen LogP contribution >= 0.6 is 11.6 Å². The van der Waals surface area contributed by atoms with E-state index in [4.69, 9.17) is 11.6 Å². The number of hydrogen-bond acceptors (Lipinski definition) is 4. The Bertz CT molecular complexity index is 1450. The lowest BCUT2D eigenvalue weighted by Gasteiger charge is -2.26. The summed E-state index contributed by atoms with van der Waals surface area (Å²) in [4.78, 5) is 32.3. The lowest BCUT2D eigenvalue weighted by molar-refractivity contribution is -0.132. The average molecular weight is 455 g/mol. The van der Waals surface area contributed by atoms with Crippen LogP contribution in [0.15, 0.2) is 90.6 Å². The highest BCUT2D eigenvalue weighted by Gasteiger charge is 2.48. The van der Waals surface area contributed by atoms with Gasteiger partial charge in [-0.05, 0) is 53.6 Å². The molecule has 5 nitrogen and oxygen atoms in total. The average Bonchev–Trinajstić information content (AvgIpc) is 3.11. The van der Waals surface area contributed by atoms with Gasteiger partial charge in [0, 0.05) is 22.5 Å². The summed E-state index contributed by atoms with van der Waals surface area (Å²) in [6.45, 7) is 1.79. The maximum absolute atomic E-state index is 13.3. The van der Waals surface area contributed by atoms with Crippen LogP contribution in [0.25, 0.3) is 16.5 Å². The molecule has 2 heterocycles. The SMILES string of the molecule is Cc1c(Cl)cccc1N1C(=O)C(=O)/C(=C(\O)c2ccc3ccccc3c2)C1c1ccccn1. The fourth-order valence-corrected chi connectivity index (χ4v) is 4.42. The van der Waals surface area contributed by atoms with Gasteiger partial charge < -0.3 is 5.11 Å². The van der Waals surface area contributed by atoms with E-state index in [1.807, 2.05) is 30.3 Å². The van der Waals surface area contributed by atoms with Crippen LogP contribution in [0.3, 0.4) is 0 Å². The predicted molar refractivity (Wildman–Crippen MR) is 129 cm³/mol. The monoisotopic (exact) mass is 454 g/mol. The second-order valence-corrected chi connectivity index (χ2v) is 8.28. The zero-order valence-corrected chi connectivity index (χ0v) is 18.5. The van der Waals surface area contributed by atoms with Crippen molar-refractivity contribution in [1.29, 1.82) is 0 Å². The van der Waals surface area contributed by atoms with Gasteiger partial charge in [0.15, 0.2) is 0 Å². The Balaban J connectivity index is 1.75. The minimum Gasteiger partial charge on any atom is -0.507 e. The van der Waals surface area contributed by atoms with E-state index in [1.165, 1.54) is 4.90 Å². The first-order valence-corrected chi connectivity index (χ1v) is 10.8. The fourth-order valence-electron chi connectivity index (χ4n) is 4.25. The number of fused-ring (bicyclic) bond motifs is 1. The molecule has 0 spiro atoms. The molecule has 1 aromatic heterocycles. The summed E-state index contributed by atoms with van der Waals surface area (Å²) in [5.41, 5.74) is 2.08. The molecule has 0 bridgehead atoms. The summed E-state index contributed by atoms with van der Waals surface area (Å²) in [5.74, 6) is -1.74. The smallest absolute Gasteiger partial charge is 0.300 e. The van der Waals surface area contributed by atoms with Gasteiger partial charge >= 0.3 is 0 Å². The third-order valence-electron chi connectivity index (χ3n) is 5.93. The molecule has 1 N–H and O–H groups in total. The van der Waals surface area contributed by atoms with Gasteiger partial charge in [-0.1, -0.05) is 60.1 Å². The quantitative estimate of drug-likeness (QED) is 0.240. The normalized spacial score (nSPS) is 17.6. The van der Waals surface area contributed by atoms with Crippen molar-refractivity contribution in [2.75, 3.05) is 4.90 Å². The number of ketones is 1. The molecule has 6 heteroatoms. The van der Waals surface area contributed by atoms with Crippen molar-refractivity contribution in [3.63, 3.8) is 0 Å². The van der Waals surface area contributed by atoms with Crippen molar-refractivity contribution in [1.82, 2.24) is 4.98 Å². The largest absolute Gasteiger partial charge is 0.507 e. The number of carbonyl (C=O) groups excluding carboxylic acids is 2. The fraction of sp³-hybridized carbons (Fsp3) is 0.0741. The number of nitrogens with zero attached hydrogens (tertiary/aromatic N) is 2. The van der Waals surface area contributed by atoms with Gasteiger partial charge in [0.05, 0.1) is 11.3 Å². The molecular formula is C27H19ClN2O3. The van der Waals surface area contributed by atoms with E-state index in [-0.39, 0.29) is 11.3 Å². The summed E-state index contributed by atoms with van der Waals surface area (Å²) in [6.07, 6.45) is 1.59. The predicted octanol–water partition coefficient (Wildman–Crippen LogP) is 5.82.